The predicted molar refractivity (Wildman–Crippen MR) is 79.8 cm³/mol. The Labute approximate surface area is 135 Å². The summed E-state index contributed by atoms with van der Waals surface area (Å²) in [7, 11) is 0. The Balaban J connectivity index is 1.52. The number of hydrogen-bond donors (Lipinski definition) is 1. The van der Waals surface area contributed by atoms with Gasteiger partial charge in [0.15, 0.2) is 0 Å². The number of hydrogen-bond acceptors (Lipinski definition) is 4. The van der Waals surface area contributed by atoms with Crippen LogP contribution >= 0.6 is 11.3 Å². The fourth-order valence-electron chi connectivity index (χ4n) is 2.99. The normalized spacial score (nSPS) is 21.2. The largest absolute Gasteiger partial charge is 0.535 e. The highest BCUT2D eigenvalue weighted by atomic mass is 32.1. The number of alkyl halides is 2. The minimum atomic E-state index is -3.65. The van der Waals surface area contributed by atoms with E-state index in [9.17, 15) is 13.6 Å². The van der Waals surface area contributed by atoms with Crippen molar-refractivity contribution in [2.75, 3.05) is 0 Å². The molecule has 0 radical (unpaired) electrons. The van der Waals surface area contributed by atoms with Crippen LogP contribution in [0.25, 0.3) is 0 Å². The standard InChI is InChI=1S/C16H13F2NO3S/c17-16(18)21-8-12-11(2-1-3-13(12)22-16)15(20)19-10-6-9-4-5-23-14(9)7-10/h1-5,10H,6-8H2,(H,19,20). The molecule has 7 heteroatoms. The van der Waals surface area contributed by atoms with Crippen molar-refractivity contribution in [3.63, 3.8) is 0 Å². The van der Waals surface area contributed by atoms with Crippen molar-refractivity contribution in [2.24, 2.45) is 0 Å². The van der Waals surface area contributed by atoms with Crippen LogP contribution in [0, 0.1) is 0 Å². The quantitative estimate of drug-likeness (QED) is 0.916. The number of carbonyl (C=O) groups excluding carboxylic acids is 1. The molecule has 120 valence electrons. The van der Waals surface area contributed by atoms with E-state index in [-0.39, 0.29) is 24.3 Å². The maximum absolute atomic E-state index is 13.1. The molecule has 1 amide bonds. The molecule has 2 heterocycles. The Morgan fingerprint density at radius 2 is 2.17 bits per heavy atom. The molecule has 1 aromatic heterocycles. The molecule has 0 saturated carbocycles. The number of nitrogens with one attached hydrogen (secondary N) is 1. The molecule has 1 aliphatic heterocycles. The average molecular weight is 337 g/mol. The highest BCUT2D eigenvalue weighted by Crippen LogP contribution is 2.35. The van der Waals surface area contributed by atoms with Crippen molar-refractivity contribution in [1.82, 2.24) is 5.32 Å². The second-order valence-electron chi connectivity index (χ2n) is 5.58. The topological polar surface area (TPSA) is 47.6 Å². The molecular weight excluding hydrogens is 324 g/mol. The zero-order chi connectivity index (χ0) is 16.0. The van der Waals surface area contributed by atoms with Gasteiger partial charge in [0.25, 0.3) is 5.91 Å². The van der Waals surface area contributed by atoms with Crippen LogP contribution in [0.1, 0.15) is 26.4 Å². The van der Waals surface area contributed by atoms with Gasteiger partial charge in [-0.15, -0.1) is 20.1 Å². The highest BCUT2D eigenvalue weighted by Gasteiger charge is 2.40. The van der Waals surface area contributed by atoms with E-state index in [1.165, 1.54) is 22.6 Å². The average Bonchev–Trinajstić information content (AvgIpc) is 3.06. The number of amides is 1. The third-order valence-electron chi connectivity index (χ3n) is 4.06. The molecule has 0 bridgehead atoms. The van der Waals surface area contributed by atoms with E-state index >= 15 is 0 Å². The van der Waals surface area contributed by atoms with Crippen molar-refractivity contribution in [2.45, 2.75) is 31.8 Å². The van der Waals surface area contributed by atoms with Crippen LogP contribution in [-0.2, 0) is 24.2 Å². The summed E-state index contributed by atoms with van der Waals surface area (Å²) >= 11 is 1.69. The Bertz CT molecular complexity index is 754. The number of benzene rings is 1. The van der Waals surface area contributed by atoms with Crippen LogP contribution in [0.3, 0.4) is 0 Å². The second kappa shape index (κ2) is 5.28. The van der Waals surface area contributed by atoms with Gasteiger partial charge in [0.1, 0.15) is 5.75 Å². The van der Waals surface area contributed by atoms with Crippen LogP contribution in [0.5, 0.6) is 5.75 Å². The van der Waals surface area contributed by atoms with E-state index < -0.39 is 6.29 Å². The van der Waals surface area contributed by atoms with E-state index in [2.05, 4.69) is 20.9 Å². The van der Waals surface area contributed by atoms with E-state index in [0.29, 0.717) is 11.1 Å². The van der Waals surface area contributed by atoms with Gasteiger partial charge in [-0.25, -0.2) is 0 Å². The summed E-state index contributed by atoms with van der Waals surface area (Å²) in [6, 6.07) is 6.64. The molecule has 0 spiro atoms. The third-order valence-corrected chi connectivity index (χ3v) is 5.05. The van der Waals surface area contributed by atoms with Crippen molar-refractivity contribution < 1.29 is 23.0 Å². The van der Waals surface area contributed by atoms with Gasteiger partial charge in [-0.05, 0) is 35.6 Å². The van der Waals surface area contributed by atoms with Crippen LogP contribution in [-0.4, -0.2) is 18.2 Å². The zero-order valence-electron chi connectivity index (χ0n) is 12.0. The van der Waals surface area contributed by atoms with Crippen molar-refractivity contribution in [1.29, 1.82) is 0 Å². The summed E-state index contributed by atoms with van der Waals surface area (Å²) < 4.78 is 35.1. The van der Waals surface area contributed by atoms with Gasteiger partial charge in [-0.3, -0.25) is 9.53 Å². The van der Waals surface area contributed by atoms with E-state index in [0.717, 1.165) is 12.8 Å². The molecular formula is C16H13F2NO3S. The van der Waals surface area contributed by atoms with Gasteiger partial charge in [-0.2, -0.15) is 0 Å². The van der Waals surface area contributed by atoms with E-state index in [1.54, 1.807) is 17.4 Å². The summed E-state index contributed by atoms with van der Waals surface area (Å²) in [6.07, 6.45) is -2.05. The maximum atomic E-state index is 13.1. The molecule has 1 N–H and O–H groups in total. The van der Waals surface area contributed by atoms with Gasteiger partial charge in [0, 0.05) is 28.5 Å². The third kappa shape index (κ3) is 2.70. The summed E-state index contributed by atoms with van der Waals surface area (Å²) in [4.78, 5) is 13.8. The van der Waals surface area contributed by atoms with E-state index in [1.807, 2.05) is 5.38 Å². The van der Waals surface area contributed by atoms with Crippen molar-refractivity contribution in [3.05, 3.63) is 51.2 Å². The number of carbonyl (C=O) groups is 1. The number of thiophene rings is 1. The summed E-state index contributed by atoms with van der Waals surface area (Å²) in [5.74, 6) is -0.307. The molecule has 2 aliphatic rings. The number of halogens is 2. The lowest BCUT2D eigenvalue weighted by Gasteiger charge is -2.26. The first-order chi connectivity index (χ1) is 11.0. The lowest BCUT2D eigenvalue weighted by atomic mass is 10.0. The molecule has 4 rings (SSSR count). The Hall–Kier alpha value is -1.99. The molecule has 1 unspecified atom stereocenters. The van der Waals surface area contributed by atoms with Gasteiger partial charge < -0.3 is 10.1 Å². The summed E-state index contributed by atoms with van der Waals surface area (Å²) in [6.45, 7) is -0.357. The SMILES string of the molecule is O=C(NC1Cc2ccsc2C1)c1cccc2c1COC(F)(F)O2. The van der Waals surface area contributed by atoms with Gasteiger partial charge >= 0.3 is 6.29 Å². The second-order valence-corrected chi connectivity index (χ2v) is 6.58. The van der Waals surface area contributed by atoms with Crippen molar-refractivity contribution in [3.8, 4) is 5.75 Å². The molecule has 1 aromatic carbocycles. The maximum Gasteiger partial charge on any atom is 0.535 e. The van der Waals surface area contributed by atoms with Crippen LogP contribution in [0.4, 0.5) is 8.78 Å². The smallest absolute Gasteiger partial charge is 0.409 e. The molecule has 1 atom stereocenters. The molecule has 2 aromatic rings. The molecule has 0 saturated heterocycles. The number of rotatable bonds is 2. The summed E-state index contributed by atoms with van der Waals surface area (Å²) in [5, 5.41) is 5.01. The molecule has 0 fully saturated rings. The Kier molecular flexibility index (Phi) is 3.35. The lowest BCUT2D eigenvalue weighted by Crippen LogP contribution is -2.37. The van der Waals surface area contributed by atoms with Gasteiger partial charge in [-0.1, -0.05) is 6.07 Å². The van der Waals surface area contributed by atoms with Crippen LogP contribution in [0.15, 0.2) is 29.6 Å². The molecule has 1 aliphatic carbocycles. The predicted octanol–water partition coefficient (Wildman–Crippen LogP) is 3.10. The minimum Gasteiger partial charge on any atom is -0.409 e. The van der Waals surface area contributed by atoms with Crippen LogP contribution < -0.4 is 10.1 Å². The lowest BCUT2D eigenvalue weighted by molar-refractivity contribution is -0.368. The Morgan fingerprint density at radius 1 is 1.30 bits per heavy atom. The monoisotopic (exact) mass is 337 g/mol. The Morgan fingerprint density at radius 3 is 3.00 bits per heavy atom. The molecule has 4 nitrogen and oxygen atoms in total. The van der Waals surface area contributed by atoms with Crippen LogP contribution in [0.2, 0.25) is 0 Å². The first kappa shape index (κ1) is 14.6. The van der Waals surface area contributed by atoms with Gasteiger partial charge in [0.05, 0.1) is 6.61 Å². The summed E-state index contributed by atoms with van der Waals surface area (Å²) in [5.41, 5.74) is 1.93. The van der Waals surface area contributed by atoms with Crippen molar-refractivity contribution >= 4 is 17.2 Å². The first-order valence-electron chi connectivity index (χ1n) is 7.20. The van der Waals surface area contributed by atoms with Gasteiger partial charge in [0.2, 0.25) is 0 Å². The van der Waals surface area contributed by atoms with E-state index in [4.69, 9.17) is 0 Å². The highest BCUT2D eigenvalue weighted by molar-refractivity contribution is 7.10. The number of fused-ring (bicyclic) bond motifs is 2. The molecule has 23 heavy (non-hydrogen) atoms. The number of ether oxygens (including phenoxy) is 2. The zero-order valence-corrected chi connectivity index (χ0v) is 12.8. The fourth-order valence-corrected chi connectivity index (χ4v) is 3.99. The minimum absolute atomic E-state index is 0.0144. The first-order valence-corrected chi connectivity index (χ1v) is 8.08. The fraction of sp³-hybridized carbons (Fsp3) is 0.312.